The maximum absolute atomic E-state index is 11.8. The molecule has 0 saturated heterocycles. The SMILES string of the molecule is N#Cc1ccc(C(=O)NS(=O)(=O)C=Cc2ccccc2)cn1. The van der Waals surface area contributed by atoms with Crippen molar-refractivity contribution in [1.82, 2.24) is 9.71 Å². The van der Waals surface area contributed by atoms with E-state index in [2.05, 4.69) is 4.98 Å². The molecule has 0 radical (unpaired) electrons. The van der Waals surface area contributed by atoms with E-state index in [9.17, 15) is 13.2 Å². The number of nitrogens with one attached hydrogen (secondary N) is 1. The van der Waals surface area contributed by atoms with Gasteiger partial charge in [-0.15, -0.1) is 0 Å². The minimum absolute atomic E-state index is 0.0516. The molecule has 0 spiro atoms. The van der Waals surface area contributed by atoms with Crippen molar-refractivity contribution in [3.8, 4) is 6.07 Å². The molecule has 6 nitrogen and oxygen atoms in total. The van der Waals surface area contributed by atoms with Crippen LogP contribution in [0.25, 0.3) is 6.08 Å². The number of rotatable bonds is 4. The van der Waals surface area contributed by atoms with Crippen molar-refractivity contribution >= 4 is 22.0 Å². The summed E-state index contributed by atoms with van der Waals surface area (Å²) in [5.41, 5.74) is 0.888. The number of nitriles is 1. The fourth-order valence-electron chi connectivity index (χ4n) is 1.55. The Bertz CT molecular complexity index is 836. The van der Waals surface area contributed by atoms with Gasteiger partial charge in [-0.3, -0.25) is 4.79 Å². The second kappa shape index (κ2) is 6.65. The van der Waals surface area contributed by atoms with Crippen LogP contribution in [0, 0.1) is 11.3 Å². The van der Waals surface area contributed by atoms with E-state index >= 15 is 0 Å². The second-order valence-corrected chi connectivity index (χ2v) is 5.80. The van der Waals surface area contributed by atoms with Crippen LogP contribution in [-0.2, 0) is 10.0 Å². The van der Waals surface area contributed by atoms with Gasteiger partial charge in [0.05, 0.1) is 11.0 Å². The van der Waals surface area contributed by atoms with Gasteiger partial charge in [-0.2, -0.15) is 5.26 Å². The van der Waals surface area contributed by atoms with E-state index in [1.807, 2.05) is 16.9 Å². The number of sulfonamides is 1. The summed E-state index contributed by atoms with van der Waals surface area (Å²) in [6.45, 7) is 0. The third kappa shape index (κ3) is 4.26. The van der Waals surface area contributed by atoms with Crippen LogP contribution in [-0.4, -0.2) is 19.3 Å². The normalized spacial score (nSPS) is 11.0. The van der Waals surface area contributed by atoms with Crippen molar-refractivity contribution in [3.63, 3.8) is 0 Å². The van der Waals surface area contributed by atoms with Gasteiger partial charge in [0.1, 0.15) is 11.8 Å². The number of hydrogen-bond donors (Lipinski definition) is 1. The summed E-state index contributed by atoms with van der Waals surface area (Å²) in [5, 5.41) is 9.53. The van der Waals surface area contributed by atoms with Crippen molar-refractivity contribution < 1.29 is 13.2 Å². The molecule has 0 atom stereocenters. The van der Waals surface area contributed by atoms with E-state index in [1.54, 1.807) is 24.3 Å². The van der Waals surface area contributed by atoms with Crippen LogP contribution < -0.4 is 4.72 Å². The predicted molar refractivity (Wildman–Crippen MR) is 80.8 cm³/mol. The van der Waals surface area contributed by atoms with E-state index in [-0.39, 0.29) is 11.3 Å². The van der Waals surface area contributed by atoms with Crippen LogP contribution in [0.1, 0.15) is 21.6 Å². The van der Waals surface area contributed by atoms with Crippen LogP contribution in [0.15, 0.2) is 54.1 Å². The molecule has 0 bridgehead atoms. The lowest BCUT2D eigenvalue weighted by Crippen LogP contribution is -2.28. The molecule has 0 fully saturated rings. The highest BCUT2D eigenvalue weighted by Gasteiger charge is 2.13. The summed E-state index contributed by atoms with van der Waals surface area (Å²) in [7, 11) is -3.92. The number of nitrogens with zero attached hydrogens (tertiary/aromatic N) is 2. The summed E-state index contributed by atoms with van der Waals surface area (Å²) in [5.74, 6) is -0.810. The molecule has 1 N–H and O–H groups in total. The molecule has 0 aliphatic rings. The zero-order valence-electron chi connectivity index (χ0n) is 11.3. The third-order valence-corrected chi connectivity index (χ3v) is 3.58. The summed E-state index contributed by atoms with van der Waals surface area (Å²) in [4.78, 5) is 15.5. The molecule has 22 heavy (non-hydrogen) atoms. The minimum atomic E-state index is -3.92. The number of pyridine rings is 1. The van der Waals surface area contributed by atoms with Crippen LogP contribution in [0.5, 0.6) is 0 Å². The highest BCUT2D eigenvalue weighted by Crippen LogP contribution is 2.04. The van der Waals surface area contributed by atoms with Crippen molar-refractivity contribution in [2.24, 2.45) is 0 Å². The smallest absolute Gasteiger partial charge is 0.266 e. The Balaban J connectivity index is 2.09. The lowest BCUT2D eigenvalue weighted by atomic mass is 10.2. The highest BCUT2D eigenvalue weighted by atomic mass is 32.2. The molecule has 0 unspecified atom stereocenters. The first-order chi connectivity index (χ1) is 10.5. The first kappa shape index (κ1) is 15.4. The van der Waals surface area contributed by atoms with Crippen LogP contribution >= 0.6 is 0 Å². The van der Waals surface area contributed by atoms with Gasteiger partial charge in [-0.05, 0) is 23.8 Å². The highest BCUT2D eigenvalue weighted by molar-refractivity contribution is 7.93. The van der Waals surface area contributed by atoms with Gasteiger partial charge >= 0.3 is 0 Å². The molecule has 2 aromatic rings. The number of carbonyl (C=O) groups excluding carboxylic acids is 1. The number of hydrogen-bond acceptors (Lipinski definition) is 5. The Morgan fingerprint density at radius 3 is 2.50 bits per heavy atom. The molecule has 1 heterocycles. The largest absolute Gasteiger partial charge is 0.268 e. The lowest BCUT2D eigenvalue weighted by Gasteiger charge is -2.03. The van der Waals surface area contributed by atoms with Gasteiger partial charge in [0.25, 0.3) is 15.9 Å². The van der Waals surface area contributed by atoms with Gasteiger partial charge in [0, 0.05) is 6.20 Å². The second-order valence-electron chi connectivity index (χ2n) is 4.23. The molecule has 7 heteroatoms. The van der Waals surface area contributed by atoms with E-state index in [4.69, 9.17) is 5.26 Å². The molecule has 0 aliphatic heterocycles. The average molecular weight is 313 g/mol. The maximum atomic E-state index is 11.8. The van der Waals surface area contributed by atoms with Gasteiger partial charge in [-0.25, -0.2) is 18.1 Å². The predicted octanol–water partition coefficient (Wildman–Crippen LogP) is 1.68. The quantitative estimate of drug-likeness (QED) is 0.925. The molecule has 110 valence electrons. The van der Waals surface area contributed by atoms with Gasteiger partial charge in [-0.1, -0.05) is 30.3 Å². The standard InChI is InChI=1S/C15H11N3O3S/c16-10-14-7-6-13(11-17-14)15(19)18-22(20,21)9-8-12-4-2-1-3-5-12/h1-9,11H,(H,18,19). The topological polar surface area (TPSA) is 99.9 Å². The molecule has 0 aliphatic carbocycles. The minimum Gasteiger partial charge on any atom is -0.268 e. The van der Waals surface area contributed by atoms with Gasteiger partial charge < -0.3 is 0 Å². The Labute approximate surface area is 127 Å². The summed E-state index contributed by atoms with van der Waals surface area (Å²) < 4.78 is 25.5. The van der Waals surface area contributed by atoms with Crippen LogP contribution in [0.4, 0.5) is 0 Å². The van der Waals surface area contributed by atoms with Crippen LogP contribution in [0.3, 0.4) is 0 Å². The van der Waals surface area contributed by atoms with Crippen LogP contribution in [0.2, 0.25) is 0 Å². The first-order valence-corrected chi connectivity index (χ1v) is 7.71. The number of benzene rings is 1. The van der Waals surface area contributed by atoms with E-state index in [0.717, 1.165) is 11.6 Å². The van der Waals surface area contributed by atoms with Gasteiger partial charge in [0.15, 0.2) is 0 Å². The molecular formula is C15H11N3O3S. The zero-order chi connectivity index (χ0) is 16.0. The monoisotopic (exact) mass is 313 g/mol. The Hall–Kier alpha value is -2.98. The number of amides is 1. The first-order valence-electron chi connectivity index (χ1n) is 6.16. The van der Waals surface area contributed by atoms with E-state index in [1.165, 1.54) is 18.2 Å². The van der Waals surface area contributed by atoms with Crippen molar-refractivity contribution in [2.75, 3.05) is 0 Å². The molecule has 1 aromatic heterocycles. The Morgan fingerprint density at radius 2 is 1.91 bits per heavy atom. The summed E-state index contributed by atoms with van der Waals surface area (Å²) in [6.07, 6.45) is 2.52. The summed E-state index contributed by atoms with van der Waals surface area (Å²) in [6, 6.07) is 13.3. The summed E-state index contributed by atoms with van der Waals surface area (Å²) >= 11 is 0. The molecule has 1 amide bonds. The number of aromatic nitrogens is 1. The lowest BCUT2D eigenvalue weighted by molar-refractivity contribution is 0.0981. The fourth-order valence-corrected chi connectivity index (χ4v) is 2.33. The van der Waals surface area contributed by atoms with Crippen molar-refractivity contribution in [1.29, 1.82) is 5.26 Å². The maximum Gasteiger partial charge on any atom is 0.266 e. The van der Waals surface area contributed by atoms with E-state index < -0.39 is 15.9 Å². The Morgan fingerprint density at radius 1 is 1.18 bits per heavy atom. The number of carbonyl (C=O) groups is 1. The molecular weight excluding hydrogens is 302 g/mol. The molecule has 1 aromatic carbocycles. The van der Waals surface area contributed by atoms with Crippen molar-refractivity contribution in [3.05, 3.63) is 70.9 Å². The third-order valence-electron chi connectivity index (χ3n) is 2.61. The van der Waals surface area contributed by atoms with Gasteiger partial charge in [0.2, 0.25) is 0 Å². The average Bonchev–Trinajstić information content (AvgIpc) is 2.54. The zero-order valence-corrected chi connectivity index (χ0v) is 12.1. The fraction of sp³-hybridized carbons (Fsp3) is 0. The van der Waals surface area contributed by atoms with E-state index in [0.29, 0.717) is 5.56 Å². The molecule has 0 saturated carbocycles. The Kier molecular flexibility index (Phi) is 4.66. The van der Waals surface area contributed by atoms with Crippen molar-refractivity contribution in [2.45, 2.75) is 0 Å². The molecule has 2 rings (SSSR count).